The van der Waals surface area contributed by atoms with Crippen LogP contribution in [0.1, 0.15) is 31.7 Å². The van der Waals surface area contributed by atoms with Crippen LogP contribution in [-0.2, 0) is 4.74 Å². The molecular formula is C16H21N3O. The molecule has 1 fully saturated rings. The van der Waals surface area contributed by atoms with Gasteiger partial charge < -0.3 is 10.1 Å². The number of aryl methyl sites for hydroxylation is 1. The molecular weight excluding hydrogens is 250 g/mol. The molecule has 4 nitrogen and oxygen atoms in total. The minimum absolute atomic E-state index is 0.301. The number of para-hydroxylation sites is 1. The van der Waals surface area contributed by atoms with Crippen LogP contribution in [0.2, 0.25) is 0 Å². The van der Waals surface area contributed by atoms with Gasteiger partial charge in [-0.1, -0.05) is 19.1 Å². The Morgan fingerprint density at radius 2 is 2.30 bits per heavy atom. The van der Waals surface area contributed by atoms with Gasteiger partial charge in [0.25, 0.3) is 0 Å². The summed E-state index contributed by atoms with van der Waals surface area (Å²) < 4.78 is 5.81. The lowest BCUT2D eigenvalue weighted by molar-refractivity contribution is 0.0943. The third-order valence-corrected chi connectivity index (χ3v) is 4.04. The molecule has 2 aromatic rings. The molecule has 0 bridgehead atoms. The van der Waals surface area contributed by atoms with E-state index in [9.17, 15) is 0 Å². The summed E-state index contributed by atoms with van der Waals surface area (Å²) >= 11 is 0. The number of benzene rings is 1. The van der Waals surface area contributed by atoms with Crippen molar-refractivity contribution in [2.45, 2.75) is 45.3 Å². The molecule has 2 atom stereocenters. The molecule has 106 valence electrons. The van der Waals surface area contributed by atoms with E-state index in [1.165, 1.54) is 5.56 Å². The minimum Gasteiger partial charge on any atom is -0.376 e. The largest absolute Gasteiger partial charge is 0.376 e. The summed E-state index contributed by atoms with van der Waals surface area (Å²) in [6, 6.07) is 6.53. The van der Waals surface area contributed by atoms with Crippen LogP contribution in [0.4, 0.5) is 5.82 Å². The van der Waals surface area contributed by atoms with Gasteiger partial charge in [-0.3, -0.25) is 0 Å². The average Bonchev–Trinajstić information content (AvgIpc) is 2.99. The first-order chi connectivity index (χ1) is 9.79. The highest BCUT2D eigenvalue weighted by atomic mass is 16.5. The predicted octanol–water partition coefficient (Wildman–Crippen LogP) is 3.31. The van der Waals surface area contributed by atoms with Gasteiger partial charge in [0.1, 0.15) is 12.1 Å². The van der Waals surface area contributed by atoms with Crippen molar-refractivity contribution < 1.29 is 4.74 Å². The lowest BCUT2D eigenvalue weighted by Gasteiger charge is -2.24. The molecule has 4 heteroatoms. The first-order valence-electron chi connectivity index (χ1n) is 7.38. The molecule has 1 aromatic carbocycles. The van der Waals surface area contributed by atoms with Gasteiger partial charge in [-0.25, -0.2) is 9.97 Å². The van der Waals surface area contributed by atoms with Gasteiger partial charge in [-0.05, 0) is 37.8 Å². The zero-order valence-corrected chi connectivity index (χ0v) is 12.1. The van der Waals surface area contributed by atoms with Crippen LogP contribution < -0.4 is 5.32 Å². The molecule has 1 N–H and O–H groups in total. The molecule has 1 aliphatic heterocycles. The first kappa shape index (κ1) is 13.3. The minimum atomic E-state index is 0.301. The monoisotopic (exact) mass is 271 g/mol. The quantitative estimate of drug-likeness (QED) is 0.926. The van der Waals surface area contributed by atoms with Crippen LogP contribution in [0, 0.1) is 6.92 Å². The molecule has 3 rings (SSSR count). The molecule has 0 spiro atoms. The standard InChI is InChI=1S/C16H21N3O/c1-3-13(14-8-5-9-20-14)19-16-12-7-4-6-11(2)15(12)17-10-18-16/h4,6-7,10,13-14H,3,5,8-9H2,1-2H3,(H,17,18,19). The topological polar surface area (TPSA) is 47.0 Å². The highest BCUT2D eigenvalue weighted by Gasteiger charge is 2.25. The molecule has 1 aliphatic rings. The van der Waals surface area contributed by atoms with Crippen molar-refractivity contribution in [3.05, 3.63) is 30.1 Å². The number of nitrogens with zero attached hydrogens (tertiary/aromatic N) is 2. The summed E-state index contributed by atoms with van der Waals surface area (Å²) in [6.45, 7) is 5.15. The van der Waals surface area contributed by atoms with E-state index >= 15 is 0 Å². The Labute approximate surface area is 119 Å². The van der Waals surface area contributed by atoms with E-state index in [1.807, 2.05) is 0 Å². The number of fused-ring (bicyclic) bond motifs is 1. The fourth-order valence-corrected chi connectivity index (χ4v) is 2.90. The Morgan fingerprint density at radius 1 is 1.40 bits per heavy atom. The number of hydrogen-bond acceptors (Lipinski definition) is 4. The van der Waals surface area contributed by atoms with E-state index in [2.05, 4.69) is 47.3 Å². The highest BCUT2D eigenvalue weighted by molar-refractivity contribution is 5.90. The maximum Gasteiger partial charge on any atom is 0.137 e. The SMILES string of the molecule is CCC(Nc1ncnc2c(C)cccc12)C1CCCO1. The van der Waals surface area contributed by atoms with Crippen LogP contribution >= 0.6 is 0 Å². The number of nitrogens with one attached hydrogen (secondary N) is 1. The molecule has 0 amide bonds. The molecule has 0 aliphatic carbocycles. The number of anilines is 1. The van der Waals surface area contributed by atoms with E-state index < -0.39 is 0 Å². The number of aromatic nitrogens is 2. The van der Waals surface area contributed by atoms with Crippen molar-refractivity contribution in [3.8, 4) is 0 Å². The molecule has 2 heterocycles. The number of hydrogen-bond donors (Lipinski definition) is 1. The number of rotatable bonds is 4. The molecule has 0 saturated carbocycles. The van der Waals surface area contributed by atoms with E-state index in [0.717, 1.165) is 42.6 Å². The van der Waals surface area contributed by atoms with Crippen LogP contribution in [0.15, 0.2) is 24.5 Å². The lowest BCUT2D eigenvalue weighted by Crippen LogP contribution is -2.32. The van der Waals surface area contributed by atoms with Gasteiger partial charge in [0.15, 0.2) is 0 Å². The molecule has 20 heavy (non-hydrogen) atoms. The fourth-order valence-electron chi connectivity index (χ4n) is 2.90. The van der Waals surface area contributed by atoms with E-state index in [-0.39, 0.29) is 0 Å². The van der Waals surface area contributed by atoms with Crippen molar-refractivity contribution in [2.24, 2.45) is 0 Å². The predicted molar refractivity (Wildman–Crippen MR) is 81.0 cm³/mol. The van der Waals surface area contributed by atoms with Crippen LogP contribution in [0.25, 0.3) is 10.9 Å². The second kappa shape index (κ2) is 5.75. The second-order valence-electron chi connectivity index (χ2n) is 5.40. The van der Waals surface area contributed by atoms with Crippen LogP contribution in [-0.4, -0.2) is 28.7 Å². The van der Waals surface area contributed by atoms with Gasteiger partial charge in [-0.15, -0.1) is 0 Å². The van der Waals surface area contributed by atoms with E-state index in [4.69, 9.17) is 4.74 Å². The van der Waals surface area contributed by atoms with Gasteiger partial charge in [0.2, 0.25) is 0 Å². The van der Waals surface area contributed by atoms with E-state index in [0.29, 0.717) is 12.1 Å². The van der Waals surface area contributed by atoms with Crippen molar-refractivity contribution in [3.63, 3.8) is 0 Å². The smallest absolute Gasteiger partial charge is 0.137 e. The third kappa shape index (κ3) is 2.48. The van der Waals surface area contributed by atoms with Crippen molar-refractivity contribution in [1.82, 2.24) is 9.97 Å². The fraction of sp³-hybridized carbons (Fsp3) is 0.500. The maximum atomic E-state index is 5.81. The maximum absolute atomic E-state index is 5.81. The van der Waals surface area contributed by atoms with Gasteiger partial charge in [-0.2, -0.15) is 0 Å². The van der Waals surface area contributed by atoms with Crippen LogP contribution in [0.3, 0.4) is 0 Å². The number of ether oxygens (including phenoxy) is 1. The summed E-state index contributed by atoms with van der Waals surface area (Å²) in [6.07, 6.45) is 5.26. The summed E-state index contributed by atoms with van der Waals surface area (Å²) in [7, 11) is 0. The van der Waals surface area contributed by atoms with E-state index in [1.54, 1.807) is 6.33 Å². The van der Waals surface area contributed by atoms with Gasteiger partial charge in [0, 0.05) is 12.0 Å². The second-order valence-corrected chi connectivity index (χ2v) is 5.40. The summed E-state index contributed by atoms with van der Waals surface area (Å²) in [5.74, 6) is 0.918. The third-order valence-electron chi connectivity index (χ3n) is 4.04. The first-order valence-corrected chi connectivity index (χ1v) is 7.38. The van der Waals surface area contributed by atoms with Crippen molar-refractivity contribution in [1.29, 1.82) is 0 Å². The average molecular weight is 271 g/mol. The Morgan fingerprint density at radius 3 is 3.05 bits per heavy atom. The molecule has 0 radical (unpaired) electrons. The summed E-state index contributed by atoms with van der Waals surface area (Å²) in [5, 5.41) is 4.65. The zero-order valence-electron chi connectivity index (χ0n) is 12.1. The molecule has 2 unspecified atom stereocenters. The Kier molecular flexibility index (Phi) is 3.83. The summed E-state index contributed by atoms with van der Waals surface area (Å²) in [4.78, 5) is 8.82. The van der Waals surface area contributed by atoms with Crippen LogP contribution in [0.5, 0.6) is 0 Å². The summed E-state index contributed by atoms with van der Waals surface area (Å²) in [5.41, 5.74) is 2.20. The molecule has 1 aromatic heterocycles. The zero-order chi connectivity index (χ0) is 13.9. The Hall–Kier alpha value is -1.68. The Bertz CT molecular complexity index is 593. The van der Waals surface area contributed by atoms with Crippen molar-refractivity contribution in [2.75, 3.05) is 11.9 Å². The Balaban J connectivity index is 1.91. The highest BCUT2D eigenvalue weighted by Crippen LogP contribution is 2.25. The van der Waals surface area contributed by atoms with Crippen molar-refractivity contribution >= 4 is 16.7 Å². The van der Waals surface area contributed by atoms with Gasteiger partial charge in [0.05, 0.1) is 17.7 Å². The normalized spacial score (nSPS) is 20.2. The lowest BCUT2D eigenvalue weighted by atomic mass is 10.0. The molecule has 1 saturated heterocycles. The van der Waals surface area contributed by atoms with Gasteiger partial charge >= 0.3 is 0 Å².